The number of likely N-dealkylation sites (tertiary alicyclic amines) is 2. The molecule has 5 rings (SSSR count). The topological polar surface area (TPSA) is 201 Å². The lowest BCUT2D eigenvalue weighted by molar-refractivity contribution is -0.391. The van der Waals surface area contributed by atoms with Crippen molar-refractivity contribution in [2.24, 2.45) is 0 Å². The van der Waals surface area contributed by atoms with Crippen LogP contribution in [0.25, 0.3) is 0 Å². The number of piperidine rings is 2. The number of ether oxygens (including phenoxy) is 6. The number of alkyl halides is 18. The number of rotatable bonds is 21. The van der Waals surface area contributed by atoms with E-state index in [1.54, 1.807) is 7.11 Å². The third kappa shape index (κ3) is 25.2. The van der Waals surface area contributed by atoms with Crippen molar-refractivity contribution in [3.8, 4) is 0 Å². The van der Waals surface area contributed by atoms with Gasteiger partial charge < -0.3 is 70.7 Å². The van der Waals surface area contributed by atoms with Gasteiger partial charge in [-0.15, -0.1) is 0 Å². The van der Waals surface area contributed by atoms with E-state index < -0.39 is 90.4 Å². The third-order valence-electron chi connectivity index (χ3n) is 12.1. The fourth-order valence-corrected chi connectivity index (χ4v) is 7.76. The highest BCUT2D eigenvalue weighted by atomic mass is 19.4. The van der Waals surface area contributed by atoms with E-state index in [2.05, 4.69) is 23.8 Å². The van der Waals surface area contributed by atoms with Crippen LogP contribution in [0.1, 0.15) is 69.1 Å². The molecule has 14 nitrogen and oxygen atoms in total. The summed E-state index contributed by atoms with van der Waals surface area (Å²) < 4.78 is 263. The molecule has 3 aromatic carbocycles. The molecule has 2 fully saturated rings. The lowest BCUT2D eigenvalue weighted by Gasteiger charge is -2.38. The van der Waals surface area contributed by atoms with Gasteiger partial charge in [0.2, 0.25) is 0 Å². The van der Waals surface area contributed by atoms with Crippen LogP contribution in [0, 0.1) is 0 Å². The number of β-amino-alcohol motifs (C(OH)–C–C–N with tert-alkyl or cyclic N) is 1. The molecule has 2 saturated heterocycles. The van der Waals surface area contributed by atoms with Crippen LogP contribution in [0.3, 0.4) is 0 Å². The summed E-state index contributed by atoms with van der Waals surface area (Å²) in [5.41, 5.74) is -1.26. The molecule has 0 spiro atoms. The predicted molar refractivity (Wildman–Crippen MR) is 280 cm³/mol. The number of hydrogen-bond acceptors (Lipinski definition) is 14. The third-order valence-corrected chi connectivity index (χ3v) is 12.1. The van der Waals surface area contributed by atoms with E-state index in [0.717, 1.165) is 62.2 Å². The molecular weight excluding hydrogens is 1190 g/mol. The van der Waals surface area contributed by atoms with Gasteiger partial charge >= 0.3 is 37.1 Å². The normalized spacial score (nSPS) is 15.1. The van der Waals surface area contributed by atoms with E-state index in [-0.39, 0.29) is 43.4 Å². The zero-order valence-electron chi connectivity index (χ0n) is 47.2. The van der Waals surface area contributed by atoms with Gasteiger partial charge in [-0.1, -0.05) is 63.1 Å². The maximum absolute atomic E-state index is 13.5. The van der Waals surface area contributed by atoms with Gasteiger partial charge in [0.05, 0.1) is 66.1 Å². The van der Waals surface area contributed by atoms with E-state index in [1.807, 2.05) is 18.7 Å². The van der Waals surface area contributed by atoms with E-state index in [9.17, 15) is 79.0 Å². The number of nitrogens with zero attached hydrogens (tertiary/aromatic N) is 2. The number of halogens is 18. The quantitative estimate of drug-likeness (QED) is 0.0334. The van der Waals surface area contributed by atoms with Crippen LogP contribution in [-0.2, 0) is 45.2 Å². The van der Waals surface area contributed by atoms with Gasteiger partial charge in [0.25, 0.3) is 16.8 Å². The first-order chi connectivity index (χ1) is 39.5. The Balaban J connectivity index is 0.00000109. The van der Waals surface area contributed by atoms with Crippen molar-refractivity contribution in [1.82, 2.24) is 9.80 Å². The lowest BCUT2D eigenvalue weighted by atomic mass is 9.91. The summed E-state index contributed by atoms with van der Waals surface area (Å²) in [5.74, 6) is 0. The average molecular weight is 1270 g/mol. The average Bonchev–Trinajstić information content (AvgIpc) is 3.51. The SMILES string of the molecule is CC.COCCOCCO.COCCOCCOC(c1ccc(N)cc1)(C(F)(F)F)C(F)(F)F.Nc1ccc(C(O)(C(F)(F)F)C(F)(F)F)cc1.Nc1ccc(C(OCCN2CCCCC2)(C(F)(F)F)C(F)(F)F)cc1.OCCN1CCCCC1. The molecule has 0 aromatic heterocycles. The van der Waals surface area contributed by atoms with Crippen LogP contribution in [0.2, 0.25) is 0 Å². The summed E-state index contributed by atoms with van der Waals surface area (Å²) >= 11 is 0. The number of nitrogens with two attached hydrogens (primary N) is 3. The first-order valence-corrected chi connectivity index (χ1v) is 26.3. The first kappa shape index (κ1) is 80.4. The number of aliphatic hydroxyl groups excluding tert-OH is 2. The Morgan fingerprint density at radius 1 is 0.376 bits per heavy atom. The van der Waals surface area contributed by atoms with Crippen molar-refractivity contribution in [1.29, 1.82) is 0 Å². The molecule has 0 unspecified atom stereocenters. The Morgan fingerprint density at radius 2 is 0.671 bits per heavy atom. The van der Waals surface area contributed by atoms with E-state index in [0.29, 0.717) is 75.9 Å². The highest BCUT2D eigenvalue weighted by Gasteiger charge is 2.75. The van der Waals surface area contributed by atoms with Crippen LogP contribution in [0.15, 0.2) is 72.8 Å². The number of benzene rings is 3. The summed E-state index contributed by atoms with van der Waals surface area (Å²) in [7, 11) is 2.99. The van der Waals surface area contributed by atoms with Crippen molar-refractivity contribution < 1.29 is 123 Å². The number of hydrogen-bond donors (Lipinski definition) is 6. The molecule has 0 atom stereocenters. The zero-order chi connectivity index (χ0) is 65.4. The minimum absolute atomic E-state index is 0.0135. The monoisotopic (exact) mass is 1270 g/mol. The van der Waals surface area contributed by atoms with Crippen molar-refractivity contribution in [2.45, 2.75) is 106 Å². The maximum atomic E-state index is 13.5. The molecule has 0 aliphatic carbocycles. The Labute approximate surface area is 481 Å². The molecule has 0 saturated carbocycles. The van der Waals surface area contributed by atoms with Crippen molar-refractivity contribution in [2.75, 3.05) is 137 Å². The van der Waals surface area contributed by atoms with Gasteiger partial charge in [0.1, 0.15) is 0 Å². The van der Waals surface area contributed by atoms with Crippen LogP contribution in [0.4, 0.5) is 96.1 Å². The molecule has 0 bridgehead atoms. The molecule has 2 aliphatic rings. The maximum Gasteiger partial charge on any atom is 0.430 e. The number of aliphatic hydroxyl groups is 3. The predicted octanol–water partition coefficient (Wildman–Crippen LogP) is 11.1. The Hall–Kier alpha value is -4.64. The largest absolute Gasteiger partial charge is 0.430 e. The standard InChI is InChI=1S/C16H20F6N2O.C14H17F6NO3.C9H7F6NO.C7H15NO.C5H12O3.C2H6/c17-15(18,19)14(16(20,21)22,12-4-6-13(23)7-5-12)25-11-10-24-8-2-1-3-9-24;1-22-6-7-23-8-9-24-12(13(15,16)17,14(18,19)20)10-2-4-11(21)5-3-10;10-8(11,12)7(17,9(13,14)15)5-1-3-6(16)4-2-5;9-7-6-8-4-2-1-3-5-8;1-7-4-5-8-3-2-6;1-2/h4-7H,1-3,8-11,23H2;2-5H,6-9,21H2,1H3;1-4,17H,16H2;9H,1-7H2;6H,2-5H2,1H3;1-2H3. The zero-order valence-corrected chi connectivity index (χ0v) is 47.2. The molecule has 0 amide bonds. The second-order valence-corrected chi connectivity index (χ2v) is 18.1. The molecule has 2 heterocycles. The highest BCUT2D eigenvalue weighted by molar-refractivity contribution is 5.44. The van der Waals surface area contributed by atoms with Crippen LogP contribution in [0.5, 0.6) is 0 Å². The second kappa shape index (κ2) is 37.9. The molecule has 85 heavy (non-hydrogen) atoms. The van der Waals surface area contributed by atoms with E-state index in [4.69, 9.17) is 42.0 Å². The van der Waals surface area contributed by atoms with Crippen molar-refractivity contribution in [3.63, 3.8) is 0 Å². The van der Waals surface area contributed by atoms with Gasteiger partial charge in [-0.25, -0.2) is 0 Å². The van der Waals surface area contributed by atoms with Gasteiger partial charge in [-0.05, 0) is 88.3 Å². The number of nitrogen functional groups attached to an aromatic ring is 3. The molecule has 3 aromatic rings. The molecule has 0 radical (unpaired) electrons. The van der Waals surface area contributed by atoms with Gasteiger partial charge in [-0.3, -0.25) is 0 Å². The first-order valence-electron chi connectivity index (χ1n) is 26.3. The number of methoxy groups -OCH3 is 2. The van der Waals surface area contributed by atoms with Crippen molar-refractivity contribution >= 4 is 17.1 Å². The lowest BCUT2D eigenvalue weighted by Crippen LogP contribution is -2.56. The molecule has 2 aliphatic heterocycles. The summed E-state index contributed by atoms with van der Waals surface area (Å²) in [4.78, 5) is 4.13. The summed E-state index contributed by atoms with van der Waals surface area (Å²) in [6, 6.07) is 9.23. The molecule has 32 heteroatoms. The molecule has 9 N–H and O–H groups in total. The molecular formula is C53H77F18N5O9. The van der Waals surface area contributed by atoms with Crippen LogP contribution >= 0.6 is 0 Å². The van der Waals surface area contributed by atoms with E-state index in [1.165, 1.54) is 39.5 Å². The summed E-state index contributed by atoms with van der Waals surface area (Å²) in [5, 5.41) is 25.7. The van der Waals surface area contributed by atoms with Gasteiger partial charge in [-0.2, -0.15) is 79.0 Å². The number of anilines is 3. The summed E-state index contributed by atoms with van der Waals surface area (Å²) in [6.07, 6.45) is -27.7. The van der Waals surface area contributed by atoms with Crippen molar-refractivity contribution in [3.05, 3.63) is 89.5 Å². The van der Waals surface area contributed by atoms with Crippen LogP contribution < -0.4 is 17.2 Å². The summed E-state index contributed by atoms with van der Waals surface area (Å²) in [6.45, 7) is 8.69. The van der Waals surface area contributed by atoms with Gasteiger partial charge in [0, 0.05) is 61.1 Å². The fourth-order valence-electron chi connectivity index (χ4n) is 7.76. The Bertz CT molecular complexity index is 2130. The molecule has 494 valence electrons. The smallest absolute Gasteiger partial charge is 0.399 e. The Kier molecular flexibility index (Phi) is 35.9. The highest BCUT2D eigenvalue weighted by Crippen LogP contribution is 2.55. The minimum Gasteiger partial charge on any atom is -0.399 e. The second-order valence-electron chi connectivity index (χ2n) is 18.1. The Morgan fingerprint density at radius 3 is 0.965 bits per heavy atom. The minimum atomic E-state index is -5.87. The van der Waals surface area contributed by atoms with E-state index >= 15 is 0 Å². The van der Waals surface area contributed by atoms with Gasteiger partial charge in [0.15, 0.2) is 0 Å². The fraction of sp³-hybridized carbons (Fsp3) is 0.660. The van der Waals surface area contributed by atoms with Crippen LogP contribution in [-0.4, -0.2) is 182 Å².